The number of carbonyl (C=O) groups excluding carboxylic acids is 1. The SMILES string of the molecule is COC(=O)Cc1cccc2c1OC1CC(O)C(NS(=O)(=O)c3ccccc3)C21. The lowest BCUT2D eigenvalue weighted by molar-refractivity contribution is -0.139. The molecule has 0 saturated heterocycles. The van der Waals surface area contributed by atoms with Gasteiger partial charge in [-0.05, 0) is 12.1 Å². The fourth-order valence-electron chi connectivity index (χ4n) is 4.04. The number of sulfonamides is 1. The van der Waals surface area contributed by atoms with Crippen molar-refractivity contribution in [3.8, 4) is 5.75 Å². The summed E-state index contributed by atoms with van der Waals surface area (Å²) in [5, 5.41) is 10.5. The number of esters is 1. The summed E-state index contributed by atoms with van der Waals surface area (Å²) in [6.07, 6.45) is -0.848. The number of carbonyl (C=O) groups is 1. The van der Waals surface area contributed by atoms with Gasteiger partial charge < -0.3 is 14.6 Å². The molecule has 1 saturated carbocycles. The maximum Gasteiger partial charge on any atom is 0.310 e. The van der Waals surface area contributed by atoms with Crippen LogP contribution in [0.4, 0.5) is 0 Å². The van der Waals surface area contributed by atoms with E-state index in [1.165, 1.54) is 19.2 Å². The molecule has 1 aliphatic carbocycles. The standard InChI is InChI=1S/C20H21NO6S/c1-26-17(23)10-12-6-5-9-14-18-16(27-20(12)14)11-15(22)19(18)21-28(24,25)13-7-3-2-4-8-13/h2-9,15-16,18-19,21-22H,10-11H2,1H3. The largest absolute Gasteiger partial charge is 0.489 e. The number of benzene rings is 2. The first kappa shape index (κ1) is 18.9. The minimum Gasteiger partial charge on any atom is -0.489 e. The molecule has 148 valence electrons. The summed E-state index contributed by atoms with van der Waals surface area (Å²) in [4.78, 5) is 11.8. The predicted octanol–water partition coefficient (Wildman–Crippen LogP) is 1.36. The Bertz CT molecular complexity index is 991. The molecule has 7 nitrogen and oxygen atoms in total. The topological polar surface area (TPSA) is 102 Å². The Hall–Kier alpha value is -2.42. The van der Waals surface area contributed by atoms with Crippen LogP contribution in [0.5, 0.6) is 5.75 Å². The first-order valence-corrected chi connectivity index (χ1v) is 10.5. The number of rotatable bonds is 5. The van der Waals surface area contributed by atoms with Gasteiger partial charge in [0.25, 0.3) is 0 Å². The number of ether oxygens (including phenoxy) is 2. The molecule has 0 amide bonds. The number of hydrogen-bond donors (Lipinski definition) is 2. The number of aliphatic hydroxyl groups is 1. The summed E-state index contributed by atoms with van der Waals surface area (Å²) in [5.41, 5.74) is 1.49. The maximum atomic E-state index is 12.8. The molecular formula is C20H21NO6S. The third-order valence-electron chi connectivity index (χ3n) is 5.34. The molecule has 0 radical (unpaired) electrons. The number of fused-ring (bicyclic) bond motifs is 3. The molecular weight excluding hydrogens is 382 g/mol. The van der Waals surface area contributed by atoms with Crippen molar-refractivity contribution in [2.24, 2.45) is 0 Å². The van der Waals surface area contributed by atoms with Gasteiger partial charge in [-0.2, -0.15) is 0 Å². The second kappa shape index (κ2) is 7.20. The van der Waals surface area contributed by atoms with Gasteiger partial charge in [0.2, 0.25) is 10.0 Å². The van der Waals surface area contributed by atoms with Crippen LogP contribution < -0.4 is 9.46 Å². The highest BCUT2D eigenvalue weighted by molar-refractivity contribution is 7.89. The van der Waals surface area contributed by atoms with Crippen LogP contribution in [0.15, 0.2) is 53.4 Å². The zero-order chi connectivity index (χ0) is 19.9. The summed E-state index contributed by atoms with van der Waals surface area (Å²) < 4.78 is 38.9. The lowest BCUT2D eigenvalue weighted by atomic mass is 9.92. The van der Waals surface area contributed by atoms with Crippen molar-refractivity contribution in [2.45, 2.75) is 41.9 Å². The number of para-hydroxylation sites is 1. The minimum absolute atomic E-state index is 0.0715. The highest BCUT2D eigenvalue weighted by Gasteiger charge is 2.51. The van der Waals surface area contributed by atoms with Crippen LogP contribution in [-0.4, -0.2) is 44.9 Å². The summed E-state index contributed by atoms with van der Waals surface area (Å²) in [5.74, 6) is -0.129. The molecule has 2 N–H and O–H groups in total. The third-order valence-corrected chi connectivity index (χ3v) is 6.81. The Balaban J connectivity index is 1.65. The van der Waals surface area contributed by atoms with E-state index in [4.69, 9.17) is 9.47 Å². The lowest BCUT2D eigenvalue weighted by Crippen LogP contribution is -2.43. The summed E-state index contributed by atoms with van der Waals surface area (Å²) in [6, 6.07) is 12.8. The highest BCUT2D eigenvalue weighted by Crippen LogP contribution is 2.49. The van der Waals surface area contributed by atoms with Gasteiger partial charge in [0.1, 0.15) is 11.9 Å². The second-order valence-electron chi connectivity index (χ2n) is 7.03. The molecule has 8 heteroatoms. The number of methoxy groups -OCH3 is 1. The van der Waals surface area contributed by atoms with Gasteiger partial charge in [-0.3, -0.25) is 4.79 Å². The van der Waals surface area contributed by atoms with Crippen molar-refractivity contribution in [2.75, 3.05) is 7.11 Å². The van der Waals surface area contributed by atoms with Gasteiger partial charge in [-0.25, -0.2) is 13.1 Å². The van der Waals surface area contributed by atoms with E-state index in [9.17, 15) is 18.3 Å². The monoisotopic (exact) mass is 403 g/mol. The second-order valence-corrected chi connectivity index (χ2v) is 8.75. The van der Waals surface area contributed by atoms with Crippen molar-refractivity contribution in [1.29, 1.82) is 0 Å². The first-order valence-electron chi connectivity index (χ1n) is 9.01. The predicted molar refractivity (Wildman–Crippen MR) is 100 cm³/mol. The molecule has 2 aromatic rings. The van der Waals surface area contributed by atoms with E-state index < -0.39 is 22.2 Å². The number of nitrogens with one attached hydrogen (secondary N) is 1. The molecule has 4 atom stereocenters. The quantitative estimate of drug-likeness (QED) is 0.731. The van der Waals surface area contributed by atoms with Gasteiger partial charge >= 0.3 is 5.97 Å². The van der Waals surface area contributed by atoms with Gasteiger partial charge in [0.05, 0.1) is 30.6 Å². The fraction of sp³-hybridized carbons (Fsp3) is 0.350. The minimum atomic E-state index is -3.79. The molecule has 28 heavy (non-hydrogen) atoms. The van der Waals surface area contributed by atoms with Gasteiger partial charge in [-0.1, -0.05) is 36.4 Å². The Labute approximate surface area is 163 Å². The van der Waals surface area contributed by atoms with Gasteiger partial charge in [0, 0.05) is 23.5 Å². The molecule has 2 aromatic carbocycles. The Morgan fingerprint density at radius 1 is 1.21 bits per heavy atom. The Morgan fingerprint density at radius 2 is 1.96 bits per heavy atom. The van der Waals surface area contributed by atoms with Crippen molar-refractivity contribution in [3.63, 3.8) is 0 Å². The Morgan fingerprint density at radius 3 is 2.68 bits per heavy atom. The van der Waals surface area contributed by atoms with Crippen LogP contribution in [0.1, 0.15) is 23.5 Å². The van der Waals surface area contributed by atoms with Crippen LogP contribution >= 0.6 is 0 Å². The average molecular weight is 403 g/mol. The smallest absolute Gasteiger partial charge is 0.310 e. The van der Waals surface area contributed by atoms with Crippen molar-refractivity contribution in [3.05, 3.63) is 59.7 Å². The van der Waals surface area contributed by atoms with E-state index in [2.05, 4.69) is 4.72 Å². The van der Waals surface area contributed by atoms with E-state index in [0.29, 0.717) is 17.7 Å². The lowest BCUT2D eigenvalue weighted by Gasteiger charge is -2.22. The molecule has 0 bridgehead atoms. The van der Waals surface area contributed by atoms with Crippen molar-refractivity contribution >= 4 is 16.0 Å². The van der Waals surface area contributed by atoms with Crippen LogP contribution in [0.25, 0.3) is 0 Å². The van der Waals surface area contributed by atoms with Crippen molar-refractivity contribution < 1.29 is 27.8 Å². The van der Waals surface area contributed by atoms with Crippen molar-refractivity contribution in [1.82, 2.24) is 4.72 Å². The Kier molecular flexibility index (Phi) is 4.86. The molecule has 4 unspecified atom stereocenters. The fourth-order valence-corrected chi connectivity index (χ4v) is 5.36. The van der Waals surface area contributed by atoms with Crippen LogP contribution in [0.2, 0.25) is 0 Å². The maximum absolute atomic E-state index is 12.8. The van der Waals surface area contributed by atoms with Crippen LogP contribution in [-0.2, 0) is 26.0 Å². The van der Waals surface area contributed by atoms with E-state index in [-0.39, 0.29) is 29.3 Å². The zero-order valence-electron chi connectivity index (χ0n) is 15.2. The summed E-state index contributed by atoms with van der Waals surface area (Å²) in [7, 11) is -2.47. The highest BCUT2D eigenvalue weighted by atomic mass is 32.2. The molecule has 1 aliphatic heterocycles. The van der Waals surface area contributed by atoms with Crippen LogP contribution in [0, 0.1) is 0 Å². The molecule has 0 aromatic heterocycles. The van der Waals surface area contributed by atoms with Crippen LogP contribution in [0.3, 0.4) is 0 Å². The van der Waals surface area contributed by atoms with E-state index >= 15 is 0 Å². The molecule has 1 heterocycles. The number of hydrogen-bond acceptors (Lipinski definition) is 6. The first-order chi connectivity index (χ1) is 13.4. The molecule has 2 aliphatic rings. The van der Waals surface area contributed by atoms with E-state index in [1.54, 1.807) is 30.3 Å². The average Bonchev–Trinajstić information content (AvgIpc) is 3.19. The number of aliphatic hydroxyl groups excluding tert-OH is 1. The summed E-state index contributed by atoms with van der Waals surface area (Å²) >= 11 is 0. The zero-order valence-corrected chi connectivity index (χ0v) is 16.1. The molecule has 4 rings (SSSR count). The third kappa shape index (κ3) is 3.28. The van der Waals surface area contributed by atoms with Gasteiger partial charge in [-0.15, -0.1) is 0 Å². The summed E-state index contributed by atoms with van der Waals surface area (Å²) in [6.45, 7) is 0. The van der Waals surface area contributed by atoms with Gasteiger partial charge in [0.15, 0.2) is 0 Å². The normalized spacial score (nSPS) is 25.6. The van der Waals surface area contributed by atoms with E-state index in [1.807, 2.05) is 6.07 Å². The molecule has 0 spiro atoms. The molecule has 1 fully saturated rings. The van der Waals surface area contributed by atoms with E-state index in [0.717, 1.165) is 5.56 Å².